The van der Waals surface area contributed by atoms with Crippen LogP contribution in [0.5, 0.6) is 0 Å². The van der Waals surface area contributed by atoms with Gasteiger partial charge in [0, 0.05) is 25.3 Å². The van der Waals surface area contributed by atoms with Crippen LogP contribution in [0.2, 0.25) is 0 Å². The third-order valence-electron chi connectivity index (χ3n) is 5.69. The number of rotatable bonds is 5. The molecule has 9 nitrogen and oxygen atoms in total. The molecule has 0 bridgehead atoms. The number of benzene rings is 1. The zero-order valence-corrected chi connectivity index (χ0v) is 18.9. The molecule has 0 saturated carbocycles. The maximum absolute atomic E-state index is 13.0. The van der Waals surface area contributed by atoms with Crippen molar-refractivity contribution in [3.63, 3.8) is 0 Å². The van der Waals surface area contributed by atoms with Crippen LogP contribution in [0.4, 0.5) is 5.69 Å². The van der Waals surface area contributed by atoms with Crippen molar-refractivity contribution >= 4 is 27.5 Å². The molecule has 172 valence electrons. The van der Waals surface area contributed by atoms with Crippen LogP contribution in [-0.2, 0) is 19.6 Å². The summed E-state index contributed by atoms with van der Waals surface area (Å²) in [6.07, 6.45) is 2.35. The van der Waals surface area contributed by atoms with E-state index in [-0.39, 0.29) is 34.7 Å². The van der Waals surface area contributed by atoms with Gasteiger partial charge in [0.25, 0.3) is 5.91 Å². The van der Waals surface area contributed by atoms with Crippen LogP contribution in [0.3, 0.4) is 0 Å². The van der Waals surface area contributed by atoms with E-state index in [1.165, 1.54) is 27.6 Å². The fourth-order valence-corrected chi connectivity index (χ4v) is 5.83. The van der Waals surface area contributed by atoms with Gasteiger partial charge in [-0.3, -0.25) is 9.59 Å². The van der Waals surface area contributed by atoms with Gasteiger partial charge in [-0.05, 0) is 63.1 Å². The van der Waals surface area contributed by atoms with Crippen molar-refractivity contribution in [3.8, 4) is 0 Å². The fourth-order valence-electron chi connectivity index (χ4n) is 4.24. The second-order valence-electron chi connectivity index (χ2n) is 8.23. The zero-order valence-electron chi connectivity index (χ0n) is 18.1. The Morgan fingerprint density at radius 2 is 1.75 bits per heavy atom. The number of likely N-dealkylation sites (tertiary alicyclic amines) is 1. The van der Waals surface area contributed by atoms with Crippen molar-refractivity contribution in [2.75, 3.05) is 25.0 Å². The Morgan fingerprint density at radius 3 is 2.38 bits per heavy atom. The topological polar surface area (TPSA) is 109 Å². The minimum Gasteiger partial charge on any atom is -0.459 e. The number of furan rings is 1. The molecule has 3 atom stereocenters. The van der Waals surface area contributed by atoms with Crippen molar-refractivity contribution in [3.05, 3.63) is 48.4 Å². The average molecular weight is 462 g/mol. The summed E-state index contributed by atoms with van der Waals surface area (Å²) >= 11 is 0. The first-order valence-corrected chi connectivity index (χ1v) is 12.1. The van der Waals surface area contributed by atoms with Crippen molar-refractivity contribution in [2.24, 2.45) is 0 Å². The lowest BCUT2D eigenvalue weighted by molar-refractivity contribution is -0.119. The molecule has 3 heterocycles. The number of ether oxygens (including phenoxy) is 1. The molecule has 2 fully saturated rings. The van der Waals surface area contributed by atoms with Gasteiger partial charge in [0.2, 0.25) is 15.9 Å². The highest BCUT2D eigenvalue weighted by molar-refractivity contribution is 7.89. The summed E-state index contributed by atoms with van der Waals surface area (Å²) in [7, 11) is -3.66. The molecule has 1 N–H and O–H groups in total. The Hall–Kier alpha value is -2.69. The highest BCUT2D eigenvalue weighted by Crippen LogP contribution is 2.24. The third kappa shape index (κ3) is 4.57. The lowest BCUT2D eigenvalue weighted by atomic mass is 10.2. The standard InChI is InChI=1S/C22H27N3O6S/c1-15-13-24(14-16(2)31-15)32(28,29)18-9-7-17(8-10-18)23-21(26)19-5-3-11-25(19)22(27)20-6-4-12-30-20/h4,6-10,12,15-16,19H,3,5,11,13-14H2,1-2H3,(H,23,26)/t15?,16?,19-/m0/s1. The van der Waals surface area contributed by atoms with E-state index < -0.39 is 16.1 Å². The summed E-state index contributed by atoms with van der Waals surface area (Å²) < 4.78 is 38.2. The Bertz CT molecular complexity index is 1060. The van der Waals surface area contributed by atoms with E-state index in [1.54, 1.807) is 24.3 Å². The maximum atomic E-state index is 13.0. The lowest BCUT2D eigenvalue weighted by Gasteiger charge is -2.34. The summed E-state index contributed by atoms with van der Waals surface area (Å²) in [6.45, 7) is 4.77. The van der Waals surface area contributed by atoms with E-state index in [2.05, 4.69) is 5.32 Å². The molecule has 0 aliphatic carbocycles. The molecule has 1 aromatic heterocycles. The maximum Gasteiger partial charge on any atom is 0.290 e. The average Bonchev–Trinajstić information content (AvgIpc) is 3.45. The van der Waals surface area contributed by atoms with Gasteiger partial charge in [0.15, 0.2) is 5.76 Å². The van der Waals surface area contributed by atoms with Crippen LogP contribution in [0.25, 0.3) is 0 Å². The second-order valence-corrected chi connectivity index (χ2v) is 10.2. The summed E-state index contributed by atoms with van der Waals surface area (Å²) in [5.74, 6) is -0.428. The lowest BCUT2D eigenvalue weighted by Crippen LogP contribution is -2.48. The fraction of sp³-hybridized carbons (Fsp3) is 0.455. The number of amides is 2. The number of nitrogens with zero attached hydrogens (tertiary/aromatic N) is 2. The Morgan fingerprint density at radius 1 is 1.06 bits per heavy atom. The first-order chi connectivity index (χ1) is 15.3. The Labute approximate surface area is 187 Å². The molecule has 10 heteroatoms. The first kappa shape index (κ1) is 22.5. The predicted octanol–water partition coefficient (Wildman–Crippen LogP) is 2.32. The van der Waals surface area contributed by atoms with Gasteiger partial charge in [-0.1, -0.05) is 0 Å². The van der Waals surface area contributed by atoms with Gasteiger partial charge in [-0.2, -0.15) is 4.31 Å². The summed E-state index contributed by atoms with van der Waals surface area (Å²) in [5, 5.41) is 2.79. The molecule has 1 aromatic carbocycles. The molecule has 0 spiro atoms. The minimum absolute atomic E-state index is 0.160. The molecule has 4 rings (SSSR count). The molecule has 32 heavy (non-hydrogen) atoms. The van der Waals surface area contributed by atoms with Crippen molar-refractivity contribution in [1.29, 1.82) is 0 Å². The van der Waals surface area contributed by atoms with Crippen LogP contribution >= 0.6 is 0 Å². The molecule has 2 aromatic rings. The number of morpholine rings is 1. The molecule has 2 aliphatic heterocycles. The van der Waals surface area contributed by atoms with E-state index in [4.69, 9.17) is 9.15 Å². The largest absolute Gasteiger partial charge is 0.459 e. The number of carbonyl (C=O) groups is 2. The van der Waals surface area contributed by atoms with Gasteiger partial charge in [0.05, 0.1) is 23.4 Å². The molecular formula is C22H27N3O6S. The first-order valence-electron chi connectivity index (χ1n) is 10.7. The predicted molar refractivity (Wildman–Crippen MR) is 117 cm³/mol. The van der Waals surface area contributed by atoms with Gasteiger partial charge in [-0.25, -0.2) is 8.42 Å². The second kappa shape index (κ2) is 9.05. The third-order valence-corrected chi connectivity index (χ3v) is 7.54. The highest BCUT2D eigenvalue weighted by atomic mass is 32.2. The van der Waals surface area contributed by atoms with Crippen molar-refractivity contribution in [2.45, 2.75) is 49.8 Å². The summed E-state index contributed by atoms with van der Waals surface area (Å²) in [6, 6.07) is 8.69. The molecule has 0 radical (unpaired) electrons. The van der Waals surface area contributed by atoms with Gasteiger partial charge >= 0.3 is 0 Å². The number of sulfonamides is 1. The number of anilines is 1. The molecule has 2 saturated heterocycles. The molecular weight excluding hydrogens is 434 g/mol. The number of hydrogen-bond acceptors (Lipinski definition) is 6. The highest BCUT2D eigenvalue weighted by Gasteiger charge is 2.36. The monoisotopic (exact) mass is 461 g/mol. The zero-order chi connectivity index (χ0) is 22.9. The molecule has 2 amide bonds. The van der Waals surface area contributed by atoms with Crippen LogP contribution in [0.15, 0.2) is 52.0 Å². The van der Waals surface area contributed by atoms with Crippen LogP contribution < -0.4 is 5.32 Å². The van der Waals surface area contributed by atoms with E-state index in [0.29, 0.717) is 31.7 Å². The number of hydrogen-bond donors (Lipinski definition) is 1. The van der Waals surface area contributed by atoms with Crippen LogP contribution in [0, 0.1) is 0 Å². The Kier molecular flexibility index (Phi) is 6.36. The van der Waals surface area contributed by atoms with Gasteiger partial charge in [-0.15, -0.1) is 0 Å². The van der Waals surface area contributed by atoms with Crippen LogP contribution in [0.1, 0.15) is 37.2 Å². The smallest absolute Gasteiger partial charge is 0.290 e. The number of nitrogens with one attached hydrogen (secondary N) is 1. The van der Waals surface area contributed by atoms with E-state index in [0.717, 1.165) is 6.42 Å². The van der Waals surface area contributed by atoms with Crippen molar-refractivity contribution in [1.82, 2.24) is 9.21 Å². The normalized spacial score (nSPS) is 24.4. The van der Waals surface area contributed by atoms with E-state index in [9.17, 15) is 18.0 Å². The molecule has 2 unspecified atom stereocenters. The summed E-state index contributed by atoms with van der Waals surface area (Å²) in [4.78, 5) is 27.1. The SMILES string of the molecule is CC1CN(S(=O)(=O)c2ccc(NC(=O)[C@@H]3CCCN3C(=O)c3ccco3)cc2)CC(C)O1. The quantitative estimate of drug-likeness (QED) is 0.732. The Balaban J connectivity index is 1.43. The van der Waals surface area contributed by atoms with Crippen LogP contribution in [-0.4, -0.2) is 67.3 Å². The van der Waals surface area contributed by atoms with E-state index >= 15 is 0 Å². The van der Waals surface area contributed by atoms with Crippen molar-refractivity contribution < 1.29 is 27.2 Å². The molecule has 2 aliphatic rings. The number of carbonyl (C=O) groups excluding carboxylic acids is 2. The van der Waals surface area contributed by atoms with Gasteiger partial charge in [0.1, 0.15) is 6.04 Å². The summed E-state index contributed by atoms with van der Waals surface area (Å²) in [5.41, 5.74) is 0.468. The van der Waals surface area contributed by atoms with Gasteiger partial charge < -0.3 is 19.4 Å². The minimum atomic E-state index is -3.66. The van der Waals surface area contributed by atoms with E-state index in [1.807, 2.05) is 13.8 Å².